The summed E-state index contributed by atoms with van der Waals surface area (Å²) in [5.74, 6) is 1.32. The molecule has 3 heterocycles. The Morgan fingerprint density at radius 1 is 0.900 bits per heavy atom. The molecule has 0 radical (unpaired) electrons. The van der Waals surface area contributed by atoms with Crippen LogP contribution in [-0.4, -0.2) is 54.1 Å². The molecule has 0 aliphatic carbocycles. The molecule has 0 amide bonds. The lowest BCUT2D eigenvalue weighted by atomic mass is 10.2. The molecular weight excluding hydrogens is 402 g/mol. The van der Waals surface area contributed by atoms with E-state index in [0.29, 0.717) is 43.4 Å². The van der Waals surface area contributed by atoms with Crippen LogP contribution in [-0.2, 0) is 10.0 Å². The summed E-state index contributed by atoms with van der Waals surface area (Å²) in [5.41, 5.74) is 1.30. The molecule has 0 bridgehead atoms. The van der Waals surface area contributed by atoms with Crippen molar-refractivity contribution in [2.75, 3.05) is 36.4 Å². The van der Waals surface area contributed by atoms with Crippen molar-refractivity contribution in [3.63, 3.8) is 0 Å². The van der Waals surface area contributed by atoms with Crippen LogP contribution in [0, 0.1) is 11.3 Å². The molecule has 0 atom stereocenters. The first-order valence-electron chi connectivity index (χ1n) is 9.32. The smallest absolute Gasteiger partial charge is 0.243 e. The maximum absolute atomic E-state index is 12.8. The van der Waals surface area contributed by atoms with E-state index in [4.69, 9.17) is 5.26 Å². The van der Waals surface area contributed by atoms with Gasteiger partial charge in [0.05, 0.1) is 16.5 Å². The van der Waals surface area contributed by atoms with Gasteiger partial charge in [0.15, 0.2) is 11.6 Å². The number of nitrogens with zero attached hydrogens (tertiary/aromatic N) is 6. The molecule has 1 aromatic carbocycles. The molecule has 1 saturated heterocycles. The molecule has 3 aromatic rings. The van der Waals surface area contributed by atoms with Gasteiger partial charge in [-0.2, -0.15) is 9.57 Å². The Morgan fingerprint density at radius 2 is 1.60 bits per heavy atom. The number of sulfonamides is 1. The van der Waals surface area contributed by atoms with Crippen molar-refractivity contribution in [2.45, 2.75) is 4.90 Å². The van der Waals surface area contributed by atoms with Crippen LogP contribution in [0.3, 0.4) is 0 Å². The predicted molar refractivity (Wildman–Crippen MR) is 112 cm³/mol. The summed E-state index contributed by atoms with van der Waals surface area (Å²) < 4.78 is 27.1. The van der Waals surface area contributed by atoms with Crippen LogP contribution in [0.1, 0.15) is 5.56 Å². The van der Waals surface area contributed by atoms with Gasteiger partial charge >= 0.3 is 0 Å². The fourth-order valence-corrected chi connectivity index (χ4v) is 4.57. The van der Waals surface area contributed by atoms with Crippen LogP contribution in [0.25, 0.3) is 0 Å². The van der Waals surface area contributed by atoms with E-state index in [1.807, 2.05) is 35.2 Å². The molecule has 1 fully saturated rings. The number of hydrogen-bond donors (Lipinski definition) is 1. The van der Waals surface area contributed by atoms with Gasteiger partial charge in [0.25, 0.3) is 0 Å². The van der Waals surface area contributed by atoms with Crippen LogP contribution in [0.2, 0.25) is 0 Å². The fourth-order valence-electron chi connectivity index (χ4n) is 3.15. The van der Waals surface area contributed by atoms with Crippen molar-refractivity contribution in [1.82, 2.24) is 19.5 Å². The Bertz CT molecular complexity index is 1140. The first kappa shape index (κ1) is 19.8. The monoisotopic (exact) mass is 421 g/mol. The summed E-state index contributed by atoms with van der Waals surface area (Å²) in [6.45, 7) is 1.73. The van der Waals surface area contributed by atoms with Crippen molar-refractivity contribution >= 4 is 27.3 Å². The first-order chi connectivity index (χ1) is 14.6. The van der Waals surface area contributed by atoms with Crippen LogP contribution in [0.15, 0.2) is 65.8 Å². The van der Waals surface area contributed by atoms with Gasteiger partial charge in [-0.25, -0.2) is 8.42 Å². The standard InChI is InChI=1S/C20H19N7O2S/c21-15-16-1-3-18(4-2-16)30(28,29)27-13-11-26(12-14-27)20-6-5-19(24-25-20)23-17-7-9-22-10-8-17/h1-10H,11-14H2,(H,22,23,24). The van der Waals surface area contributed by atoms with Gasteiger partial charge in [0.2, 0.25) is 10.0 Å². The zero-order chi connectivity index (χ0) is 21.0. The molecule has 1 aliphatic heterocycles. The Balaban J connectivity index is 1.38. The minimum atomic E-state index is -3.59. The third-order valence-corrected chi connectivity index (χ3v) is 6.70. The van der Waals surface area contributed by atoms with E-state index in [0.717, 1.165) is 5.69 Å². The lowest BCUT2D eigenvalue weighted by molar-refractivity contribution is 0.383. The Kier molecular flexibility index (Phi) is 5.56. The number of aromatic nitrogens is 3. The van der Waals surface area contributed by atoms with Gasteiger partial charge in [-0.15, -0.1) is 10.2 Å². The Labute approximate surface area is 174 Å². The third kappa shape index (κ3) is 4.22. The SMILES string of the molecule is N#Cc1ccc(S(=O)(=O)N2CCN(c3ccc(Nc4ccncc4)nn3)CC2)cc1. The highest BCUT2D eigenvalue weighted by Gasteiger charge is 2.29. The van der Waals surface area contributed by atoms with Gasteiger partial charge in [-0.05, 0) is 48.5 Å². The number of benzene rings is 1. The molecule has 1 N–H and O–H groups in total. The molecule has 1 aliphatic rings. The van der Waals surface area contributed by atoms with Crippen LogP contribution in [0.4, 0.5) is 17.3 Å². The molecule has 30 heavy (non-hydrogen) atoms. The van der Waals surface area contributed by atoms with Crippen LogP contribution >= 0.6 is 0 Å². The molecule has 0 saturated carbocycles. The van der Waals surface area contributed by atoms with Crippen molar-refractivity contribution in [2.24, 2.45) is 0 Å². The third-order valence-electron chi connectivity index (χ3n) is 4.79. The fraction of sp³-hybridized carbons (Fsp3) is 0.200. The average molecular weight is 421 g/mol. The summed E-state index contributed by atoms with van der Waals surface area (Å²) >= 11 is 0. The summed E-state index contributed by atoms with van der Waals surface area (Å²) in [6.07, 6.45) is 3.38. The number of anilines is 3. The van der Waals surface area contributed by atoms with E-state index in [1.165, 1.54) is 28.6 Å². The molecule has 10 heteroatoms. The number of nitrogens with one attached hydrogen (secondary N) is 1. The van der Waals surface area contributed by atoms with E-state index in [1.54, 1.807) is 12.4 Å². The molecule has 152 valence electrons. The number of nitriles is 1. The summed E-state index contributed by atoms with van der Waals surface area (Å²) in [7, 11) is -3.59. The van der Waals surface area contributed by atoms with Crippen molar-refractivity contribution < 1.29 is 8.42 Å². The van der Waals surface area contributed by atoms with E-state index >= 15 is 0 Å². The van der Waals surface area contributed by atoms with E-state index < -0.39 is 10.0 Å². The first-order valence-corrected chi connectivity index (χ1v) is 10.8. The number of rotatable bonds is 5. The van der Waals surface area contributed by atoms with E-state index in [9.17, 15) is 8.42 Å². The van der Waals surface area contributed by atoms with E-state index in [2.05, 4.69) is 20.5 Å². The van der Waals surface area contributed by atoms with Gasteiger partial charge in [-0.3, -0.25) is 4.98 Å². The average Bonchev–Trinajstić information content (AvgIpc) is 2.80. The quantitative estimate of drug-likeness (QED) is 0.665. The lowest BCUT2D eigenvalue weighted by Gasteiger charge is -2.34. The second-order valence-corrected chi connectivity index (χ2v) is 8.60. The zero-order valence-electron chi connectivity index (χ0n) is 16.0. The Hall–Kier alpha value is -3.55. The Morgan fingerprint density at radius 3 is 2.20 bits per heavy atom. The maximum Gasteiger partial charge on any atom is 0.243 e. The molecule has 2 aromatic heterocycles. The summed E-state index contributed by atoms with van der Waals surface area (Å²) in [4.78, 5) is 6.17. The highest BCUT2D eigenvalue weighted by Crippen LogP contribution is 2.21. The summed E-state index contributed by atoms with van der Waals surface area (Å²) in [6, 6.07) is 15.3. The molecule has 0 spiro atoms. The zero-order valence-corrected chi connectivity index (χ0v) is 16.8. The van der Waals surface area contributed by atoms with Crippen LogP contribution < -0.4 is 10.2 Å². The van der Waals surface area contributed by atoms with Crippen LogP contribution in [0.5, 0.6) is 0 Å². The van der Waals surface area contributed by atoms with Crippen molar-refractivity contribution in [3.8, 4) is 6.07 Å². The highest BCUT2D eigenvalue weighted by atomic mass is 32.2. The predicted octanol–water partition coefficient (Wildman–Crippen LogP) is 2.00. The minimum Gasteiger partial charge on any atom is -0.352 e. The number of hydrogen-bond acceptors (Lipinski definition) is 8. The van der Waals surface area contributed by atoms with Gasteiger partial charge < -0.3 is 10.2 Å². The maximum atomic E-state index is 12.8. The van der Waals surface area contributed by atoms with Crippen molar-refractivity contribution in [3.05, 3.63) is 66.5 Å². The van der Waals surface area contributed by atoms with Gasteiger partial charge in [0.1, 0.15) is 0 Å². The largest absolute Gasteiger partial charge is 0.352 e. The topological polar surface area (TPSA) is 115 Å². The molecule has 9 nitrogen and oxygen atoms in total. The van der Waals surface area contributed by atoms with Crippen molar-refractivity contribution in [1.29, 1.82) is 5.26 Å². The normalized spacial score (nSPS) is 14.8. The number of piperazine rings is 1. The lowest BCUT2D eigenvalue weighted by Crippen LogP contribution is -2.49. The van der Waals surface area contributed by atoms with E-state index in [-0.39, 0.29) is 4.90 Å². The van der Waals surface area contributed by atoms with Gasteiger partial charge in [-0.1, -0.05) is 0 Å². The number of pyridine rings is 1. The van der Waals surface area contributed by atoms with Gasteiger partial charge in [0, 0.05) is 44.3 Å². The highest BCUT2D eigenvalue weighted by molar-refractivity contribution is 7.89. The second-order valence-electron chi connectivity index (χ2n) is 6.66. The minimum absolute atomic E-state index is 0.196. The molecular formula is C20H19N7O2S. The second kappa shape index (κ2) is 8.44. The summed E-state index contributed by atoms with van der Waals surface area (Å²) in [5, 5.41) is 20.5. The molecule has 4 rings (SSSR count). The molecule has 0 unspecified atom stereocenters.